The molecule has 0 amide bonds. The van der Waals surface area contributed by atoms with Crippen LogP contribution in [0.4, 0.5) is 17.7 Å². The van der Waals surface area contributed by atoms with Crippen molar-refractivity contribution in [3.05, 3.63) is 29.7 Å². The molecule has 2 aromatic rings. The summed E-state index contributed by atoms with van der Waals surface area (Å²) in [6.07, 6.45) is 4.45. The van der Waals surface area contributed by atoms with Gasteiger partial charge in [0.05, 0.1) is 31.1 Å². The SMILES string of the molecule is CNc1nccc(N2C[C@H](OC)[C@H](Nc3ncc4c(n3)CCOC4)C2)n1. The van der Waals surface area contributed by atoms with Crippen LogP contribution in [0.15, 0.2) is 18.5 Å². The molecule has 0 aromatic carbocycles. The highest BCUT2D eigenvalue weighted by molar-refractivity contribution is 5.45. The minimum atomic E-state index is 0.0194. The van der Waals surface area contributed by atoms with Crippen molar-refractivity contribution in [3.63, 3.8) is 0 Å². The molecule has 2 aliphatic rings. The van der Waals surface area contributed by atoms with Crippen molar-refractivity contribution in [2.75, 3.05) is 49.4 Å². The lowest BCUT2D eigenvalue weighted by molar-refractivity contribution is 0.108. The number of anilines is 3. The van der Waals surface area contributed by atoms with Gasteiger partial charge in [-0.1, -0.05) is 0 Å². The van der Waals surface area contributed by atoms with Crippen molar-refractivity contribution in [1.29, 1.82) is 0 Å². The summed E-state index contributed by atoms with van der Waals surface area (Å²) in [6.45, 7) is 2.80. The molecule has 0 saturated carbocycles. The summed E-state index contributed by atoms with van der Waals surface area (Å²) in [5.41, 5.74) is 2.13. The van der Waals surface area contributed by atoms with Crippen LogP contribution in [0.5, 0.6) is 0 Å². The topological polar surface area (TPSA) is 97.3 Å². The number of hydrogen-bond acceptors (Lipinski definition) is 9. The molecule has 26 heavy (non-hydrogen) atoms. The monoisotopic (exact) mass is 357 g/mol. The Hall–Kier alpha value is -2.52. The Bertz CT molecular complexity index is 773. The first kappa shape index (κ1) is 16.9. The molecule has 9 heteroatoms. The standard InChI is InChI=1S/C17H23N7O2/c1-18-16-19-5-3-15(23-16)24-8-13(14(9-24)25-2)22-17-20-7-11-10-26-6-4-12(11)21-17/h3,5,7,13-14H,4,6,8-10H2,1-2H3,(H,18,19,23)(H,20,21,22)/t13-,14+/m1/s1. The van der Waals surface area contributed by atoms with E-state index in [1.807, 2.05) is 19.3 Å². The van der Waals surface area contributed by atoms with Crippen molar-refractivity contribution in [3.8, 4) is 0 Å². The third-order valence-corrected chi connectivity index (χ3v) is 4.77. The highest BCUT2D eigenvalue weighted by Gasteiger charge is 2.34. The highest BCUT2D eigenvalue weighted by Crippen LogP contribution is 2.23. The fourth-order valence-electron chi connectivity index (χ4n) is 3.35. The fourth-order valence-corrected chi connectivity index (χ4v) is 3.35. The zero-order valence-corrected chi connectivity index (χ0v) is 15.0. The Balaban J connectivity index is 1.49. The summed E-state index contributed by atoms with van der Waals surface area (Å²) in [6, 6.07) is 1.98. The van der Waals surface area contributed by atoms with Gasteiger partial charge in [-0.3, -0.25) is 0 Å². The van der Waals surface area contributed by atoms with E-state index in [1.165, 1.54) is 0 Å². The van der Waals surface area contributed by atoms with Crippen molar-refractivity contribution >= 4 is 17.7 Å². The van der Waals surface area contributed by atoms with Gasteiger partial charge < -0.3 is 25.0 Å². The number of hydrogen-bond donors (Lipinski definition) is 2. The first-order chi connectivity index (χ1) is 12.8. The van der Waals surface area contributed by atoms with Crippen LogP contribution in [0.1, 0.15) is 11.3 Å². The normalized spacial score (nSPS) is 22.2. The lowest BCUT2D eigenvalue weighted by Crippen LogP contribution is -2.34. The summed E-state index contributed by atoms with van der Waals surface area (Å²) in [5.74, 6) is 2.12. The first-order valence-corrected chi connectivity index (χ1v) is 8.74. The van der Waals surface area contributed by atoms with E-state index in [9.17, 15) is 0 Å². The largest absolute Gasteiger partial charge is 0.377 e. The van der Waals surface area contributed by atoms with Crippen LogP contribution in [0.3, 0.4) is 0 Å². The van der Waals surface area contributed by atoms with E-state index in [0.717, 1.165) is 36.6 Å². The number of rotatable bonds is 5. The van der Waals surface area contributed by atoms with E-state index < -0.39 is 0 Å². The van der Waals surface area contributed by atoms with Gasteiger partial charge in [-0.15, -0.1) is 0 Å². The van der Waals surface area contributed by atoms with Gasteiger partial charge in [-0.2, -0.15) is 4.98 Å². The van der Waals surface area contributed by atoms with E-state index in [-0.39, 0.29) is 12.1 Å². The van der Waals surface area contributed by atoms with E-state index >= 15 is 0 Å². The van der Waals surface area contributed by atoms with Gasteiger partial charge in [0.1, 0.15) is 5.82 Å². The molecule has 1 fully saturated rings. The van der Waals surface area contributed by atoms with Crippen LogP contribution in [0.2, 0.25) is 0 Å². The van der Waals surface area contributed by atoms with Gasteiger partial charge in [0, 0.05) is 51.6 Å². The van der Waals surface area contributed by atoms with Crippen molar-refractivity contribution in [2.45, 2.75) is 25.2 Å². The van der Waals surface area contributed by atoms with Gasteiger partial charge in [0.2, 0.25) is 11.9 Å². The maximum atomic E-state index is 5.68. The second kappa shape index (κ2) is 7.38. The van der Waals surface area contributed by atoms with Crippen molar-refractivity contribution < 1.29 is 9.47 Å². The zero-order chi connectivity index (χ0) is 17.9. The predicted octanol–water partition coefficient (Wildman–Crippen LogP) is 0.697. The molecule has 4 rings (SSSR count). The van der Waals surface area contributed by atoms with E-state index in [4.69, 9.17) is 9.47 Å². The van der Waals surface area contributed by atoms with Crippen LogP contribution in [0, 0.1) is 0 Å². The molecule has 4 heterocycles. The minimum Gasteiger partial charge on any atom is -0.377 e. The minimum absolute atomic E-state index is 0.0194. The molecule has 0 bridgehead atoms. The van der Waals surface area contributed by atoms with Crippen LogP contribution >= 0.6 is 0 Å². The lowest BCUT2D eigenvalue weighted by Gasteiger charge is -2.20. The van der Waals surface area contributed by atoms with E-state index in [1.54, 1.807) is 13.3 Å². The second-order valence-corrected chi connectivity index (χ2v) is 6.39. The van der Waals surface area contributed by atoms with Crippen LogP contribution in [-0.2, 0) is 22.5 Å². The second-order valence-electron chi connectivity index (χ2n) is 6.39. The molecule has 0 radical (unpaired) electrons. The van der Waals surface area contributed by atoms with Gasteiger partial charge >= 0.3 is 0 Å². The first-order valence-electron chi connectivity index (χ1n) is 8.74. The summed E-state index contributed by atoms with van der Waals surface area (Å²) in [4.78, 5) is 20.0. The van der Waals surface area contributed by atoms with Crippen LogP contribution in [-0.4, -0.2) is 65.9 Å². The van der Waals surface area contributed by atoms with E-state index in [0.29, 0.717) is 25.1 Å². The molecular weight excluding hydrogens is 334 g/mol. The maximum absolute atomic E-state index is 5.68. The average Bonchev–Trinajstić information content (AvgIpc) is 3.11. The molecule has 138 valence electrons. The summed E-state index contributed by atoms with van der Waals surface area (Å²) in [7, 11) is 3.54. The maximum Gasteiger partial charge on any atom is 0.224 e. The Labute approximate surface area is 152 Å². The highest BCUT2D eigenvalue weighted by atomic mass is 16.5. The van der Waals surface area contributed by atoms with Crippen molar-refractivity contribution in [2.24, 2.45) is 0 Å². The Morgan fingerprint density at radius 1 is 1.23 bits per heavy atom. The number of aromatic nitrogens is 4. The third kappa shape index (κ3) is 3.40. The Kier molecular flexibility index (Phi) is 4.81. The summed E-state index contributed by atoms with van der Waals surface area (Å²) < 4.78 is 11.1. The van der Waals surface area contributed by atoms with Gasteiger partial charge in [-0.25, -0.2) is 15.0 Å². The molecule has 1 saturated heterocycles. The lowest BCUT2D eigenvalue weighted by atomic mass is 10.1. The molecule has 0 spiro atoms. The van der Waals surface area contributed by atoms with Crippen LogP contribution < -0.4 is 15.5 Å². The Morgan fingerprint density at radius 2 is 2.15 bits per heavy atom. The molecule has 0 aliphatic carbocycles. The van der Waals surface area contributed by atoms with Crippen LogP contribution in [0.25, 0.3) is 0 Å². The van der Waals surface area contributed by atoms with Gasteiger partial charge in [-0.05, 0) is 6.07 Å². The number of ether oxygens (including phenoxy) is 2. The molecule has 2 atom stereocenters. The Morgan fingerprint density at radius 3 is 3.00 bits per heavy atom. The fraction of sp³-hybridized carbons (Fsp3) is 0.529. The van der Waals surface area contributed by atoms with E-state index in [2.05, 4.69) is 35.5 Å². The van der Waals surface area contributed by atoms with Crippen molar-refractivity contribution in [1.82, 2.24) is 19.9 Å². The molecule has 9 nitrogen and oxygen atoms in total. The predicted molar refractivity (Wildman–Crippen MR) is 97.4 cm³/mol. The number of nitrogens with one attached hydrogen (secondary N) is 2. The number of nitrogens with zero attached hydrogens (tertiary/aromatic N) is 5. The average molecular weight is 357 g/mol. The molecule has 2 aromatic heterocycles. The quantitative estimate of drug-likeness (QED) is 0.801. The smallest absolute Gasteiger partial charge is 0.224 e. The summed E-state index contributed by atoms with van der Waals surface area (Å²) >= 11 is 0. The number of fused-ring (bicyclic) bond motifs is 1. The third-order valence-electron chi connectivity index (χ3n) is 4.77. The number of methoxy groups -OCH3 is 1. The molecule has 2 aliphatic heterocycles. The van der Waals surface area contributed by atoms with Gasteiger partial charge in [0.15, 0.2) is 0 Å². The zero-order valence-electron chi connectivity index (χ0n) is 15.0. The van der Waals surface area contributed by atoms with Gasteiger partial charge in [0.25, 0.3) is 0 Å². The molecular formula is C17H23N7O2. The molecule has 2 N–H and O–H groups in total. The summed E-state index contributed by atoms with van der Waals surface area (Å²) in [5, 5.41) is 6.40. The molecule has 0 unspecified atom stereocenters.